The van der Waals surface area contributed by atoms with Crippen LogP contribution in [0, 0.1) is 0 Å². The third kappa shape index (κ3) is 14.6. The Bertz CT molecular complexity index is 997. The van der Waals surface area contributed by atoms with Crippen LogP contribution in [0.3, 0.4) is 0 Å². The molecule has 3 aliphatic rings. The molecule has 1 aliphatic carbocycles. The van der Waals surface area contributed by atoms with Gasteiger partial charge >= 0.3 is 6.09 Å². The van der Waals surface area contributed by atoms with E-state index >= 15 is 0 Å². The lowest BCUT2D eigenvalue weighted by Crippen LogP contribution is -2.71. The summed E-state index contributed by atoms with van der Waals surface area (Å²) in [6.07, 6.45) is 19.6. The molecule has 1 unspecified atom stereocenters. The summed E-state index contributed by atoms with van der Waals surface area (Å²) in [5, 5.41) is 16.5. The minimum absolute atomic E-state index is 0.0637. The average molecular weight is 655 g/mol. The predicted molar refractivity (Wildman–Crippen MR) is 192 cm³/mol. The molecule has 0 aromatic heterocycles. The number of carboxylic acid groups (broad SMARTS) is 1. The normalized spacial score (nSPS) is 20.7. The number of carbonyl (C=O) groups excluding carboxylic acids is 2. The summed E-state index contributed by atoms with van der Waals surface area (Å²) in [7, 11) is 1.00. The van der Waals surface area contributed by atoms with Gasteiger partial charge in [-0.05, 0) is 39.0 Å². The smallest absolute Gasteiger partial charge is 0.407 e. The van der Waals surface area contributed by atoms with Gasteiger partial charge in [-0.1, -0.05) is 99.9 Å². The standard InChI is InChI=1S/C23H38N4O4.C8H14.C6H6.CH4O/c1-3-19-21(26(4-2)23(30)31)17-27(19)20(11-8-16-28)22(29)25-14-12-24(13-15-25)18-9-6-5-7-10-18;1-3-5-7-8-6-4-2;1-2-4-6-5-3-1;1-2/h3,16,18-21H,1,4-15,17H2,2H3,(H,30,31);5-8H,3-4H2,1-2H3;1-6H;2H,1H3/b;7-5-,8-6-;;/t19?,20-,21+;;;/m0.../s1. The zero-order chi connectivity index (χ0) is 34.9. The largest absolute Gasteiger partial charge is 0.465 e. The van der Waals surface area contributed by atoms with E-state index in [4.69, 9.17) is 5.11 Å². The number of amides is 2. The Kier molecular flexibility index (Phi) is 22.9. The molecule has 3 fully saturated rings. The van der Waals surface area contributed by atoms with Crippen LogP contribution in [0.4, 0.5) is 4.79 Å². The van der Waals surface area contributed by atoms with Gasteiger partial charge in [0, 0.05) is 58.8 Å². The van der Waals surface area contributed by atoms with Gasteiger partial charge in [0.05, 0.1) is 18.1 Å². The van der Waals surface area contributed by atoms with Gasteiger partial charge < -0.3 is 24.8 Å². The molecule has 0 radical (unpaired) electrons. The van der Waals surface area contributed by atoms with Crippen molar-refractivity contribution >= 4 is 18.3 Å². The van der Waals surface area contributed by atoms with Crippen LogP contribution in [0.15, 0.2) is 73.4 Å². The van der Waals surface area contributed by atoms with Crippen LogP contribution in [0.2, 0.25) is 0 Å². The number of aliphatic hydroxyl groups excluding tert-OH is 1. The van der Waals surface area contributed by atoms with Crippen LogP contribution in [0.1, 0.15) is 78.6 Å². The number of nitrogens with zero attached hydrogens (tertiary/aromatic N) is 4. The molecule has 2 heterocycles. The topological polar surface area (TPSA) is 105 Å². The van der Waals surface area contributed by atoms with Crippen molar-refractivity contribution in [2.75, 3.05) is 46.4 Å². The highest BCUT2D eigenvalue weighted by Gasteiger charge is 2.47. The summed E-state index contributed by atoms with van der Waals surface area (Å²) >= 11 is 0. The molecule has 9 heteroatoms. The molecule has 4 rings (SSSR count). The van der Waals surface area contributed by atoms with E-state index in [-0.39, 0.29) is 18.0 Å². The number of carbonyl (C=O) groups is 3. The van der Waals surface area contributed by atoms with E-state index in [0.29, 0.717) is 32.0 Å². The van der Waals surface area contributed by atoms with Gasteiger partial charge in [0.15, 0.2) is 0 Å². The molecule has 2 saturated heterocycles. The molecular weight excluding hydrogens is 592 g/mol. The number of benzene rings is 1. The zero-order valence-electron chi connectivity index (χ0n) is 29.5. The third-order valence-corrected chi connectivity index (χ3v) is 8.88. The molecule has 1 saturated carbocycles. The van der Waals surface area contributed by atoms with Gasteiger partial charge in [-0.3, -0.25) is 14.6 Å². The lowest BCUT2D eigenvalue weighted by molar-refractivity contribution is -0.145. The second kappa shape index (κ2) is 25.8. The Hall–Kier alpha value is -3.27. The second-order valence-electron chi connectivity index (χ2n) is 11.8. The fourth-order valence-corrected chi connectivity index (χ4v) is 6.39. The summed E-state index contributed by atoms with van der Waals surface area (Å²) in [5.41, 5.74) is 0. The van der Waals surface area contributed by atoms with E-state index < -0.39 is 12.1 Å². The first-order chi connectivity index (χ1) is 22.9. The maximum absolute atomic E-state index is 13.4. The minimum atomic E-state index is -0.950. The molecule has 2 N–H and O–H groups in total. The first-order valence-corrected chi connectivity index (χ1v) is 17.5. The maximum Gasteiger partial charge on any atom is 0.407 e. The summed E-state index contributed by atoms with van der Waals surface area (Å²) < 4.78 is 0. The van der Waals surface area contributed by atoms with Crippen molar-refractivity contribution in [3.05, 3.63) is 73.4 Å². The van der Waals surface area contributed by atoms with Crippen LogP contribution in [-0.4, -0.2) is 119 Å². The fraction of sp³-hybridized carbons (Fsp3) is 0.605. The van der Waals surface area contributed by atoms with E-state index in [1.807, 2.05) is 53.1 Å². The highest BCUT2D eigenvalue weighted by Crippen LogP contribution is 2.30. The van der Waals surface area contributed by atoms with Crippen molar-refractivity contribution in [3.8, 4) is 0 Å². The molecule has 264 valence electrons. The molecule has 3 atom stereocenters. The molecule has 1 aromatic rings. The quantitative estimate of drug-likeness (QED) is 0.156. The van der Waals surface area contributed by atoms with Crippen LogP contribution >= 0.6 is 0 Å². The fourth-order valence-electron chi connectivity index (χ4n) is 6.39. The Morgan fingerprint density at radius 3 is 1.85 bits per heavy atom. The van der Waals surface area contributed by atoms with Gasteiger partial charge in [-0.15, -0.1) is 6.58 Å². The van der Waals surface area contributed by atoms with E-state index in [1.54, 1.807) is 6.08 Å². The number of allylic oxidation sites excluding steroid dienone is 4. The summed E-state index contributed by atoms with van der Waals surface area (Å²) in [6, 6.07) is 11.8. The number of likely N-dealkylation sites (tertiary alicyclic amines) is 1. The van der Waals surface area contributed by atoms with Crippen molar-refractivity contribution in [1.82, 2.24) is 19.6 Å². The van der Waals surface area contributed by atoms with E-state index in [0.717, 1.165) is 52.4 Å². The van der Waals surface area contributed by atoms with Crippen LogP contribution < -0.4 is 0 Å². The first kappa shape index (κ1) is 41.8. The van der Waals surface area contributed by atoms with Gasteiger partial charge in [0.25, 0.3) is 0 Å². The third-order valence-electron chi connectivity index (χ3n) is 8.88. The Labute approximate surface area is 284 Å². The number of hydrogen-bond acceptors (Lipinski definition) is 6. The molecule has 0 bridgehead atoms. The van der Waals surface area contributed by atoms with Gasteiger partial charge in [-0.2, -0.15) is 0 Å². The Morgan fingerprint density at radius 2 is 1.43 bits per heavy atom. The van der Waals surface area contributed by atoms with Crippen molar-refractivity contribution in [2.24, 2.45) is 0 Å². The molecule has 47 heavy (non-hydrogen) atoms. The minimum Gasteiger partial charge on any atom is -0.465 e. The number of aldehydes is 1. The molecule has 2 amide bonds. The zero-order valence-corrected chi connectivity index (χ0v) is 29.5. The van der Waals surface area contributed by atoms with Gasteiger partial charge in [0.1, 0.15) is 6.29 Å². The highest BCUT2D eigenvalue weighted by molar-refractivity contribution is 5.82. The number of hydrogen-bond donors (Lipinski definition) is 2. The van der Waals surface area contributed by atoms with Crippen molar-refractivity contribution in [3.63, 3.8) is 0 Å². The maximum atomic E-state index is 13.4. The first-order valence-electron chi connectivity index (χ1n) is 17.5. The van der Waals surface area contributed by atoms with Crippen molar-refractivity contribution in [2.45, 2.75) is 103 Å². The van der Waals surface area contributed by atoms with Gasteiger partial charge in [-0.25, -0.2) is 4.79 Å². The summed E-state index contributed by atoms with van der Waals surface area (Å²) in [6.45, 7) is 14.1. The highest BCUT2D eigenvalue weighted by atomic mass is 16.4. The van der Waals surface area contributed by atoms with E-state index in [9.17, 15) is 19.5 Å². The lowest BCUT2D eigenvalue weighted by atomic mass is 9.90. The number of aliphatic hydroxyl groups is 1. The van der Waals surface area contributed by atoms with Crippen molar-refractivity contribution in [1.29, 1.82) is 0 Å². The van der Waals surface area contributed by atoms with Gasteiger partial charge in [0.2, 0.25) is 5.91 Å². The molecular formula is C38H62N4O5. The molecule has 2 aliphatic heterocycles. The summed E-state index contributed by atoms with van der Waals surface area (Å²) in [4.78, 5) is 44.0. The van der Waals surface area contributed by atoms with Crippen LogP contribution in [0.5, 0.6) is 0 Å². The summed E-state index contributed by atoms with van der Waals surface area (Å²) in [5.74, 6) is 0.0637. The SMILES string of the molecule is C=CC1[C@H](N(CC)C(=O)O)CN1[C@@H](CCC=O)C(=O)N1CCN(C2CCCCC2)CC1.CC/C=C\C=C/CC.CO.c1ccccc1. The Morgan fingerprint density at radius 1 is 0.894 bits per heavy atom. The van der Waals surface area contributed by atoms with Crippen molar-refractivity contribution < 1.29 is 24.6 Å². The second-order valence-corrected chi connectivity index (χ2v) is 11.8. The number of rotatable bonds is 12. The number of likely N-dealkylation sites (N-methyl/N-ethyl adjacent to an activating group) is 1. The lowest BCUT2D eigenvalue weighted by Gasteiger charge is -2.53. The predicted octanol–water partition coefficient (Wildman–Crippen LogP) is 6.26. The van der Waals surface area contributed by atoms with E-state index in [2.05, 4.69) is 49.6 Å². The monoisotopic (exact) mass is 654 g/mol. The Balaban J connectivity index is 0.000000566. The van der Waals surface area contributed by atoms with Crippen LogP contribution in [-0.2, 0) is 9.59 Å². The van der Waals surface area contributed by atoms with Crippen LogP contribution in [0.25, 0.3) is 0 Å². The number of piperazine rings is 1. The molecule has 9 nitrogen and oxygen atoms in total. The average Bonchev–Trinajstić information content (AvgIpc) is 3.12. The molecule has 0 spiro atoms. The van der Waals surface area contributed by atoms with E-state index in [1.165, 1.54) is 37.0 Å². The molecule has 1 aromatic carbocycles.